The number of hydrogen-bond acceptors (Lipinski definition) is 3. The van der Waals surface area contributed by atoms with Gasteiger partial charge in [0.1, 0.15) is 0 Å². The number of nitrogens with zero attached hydrogens (tertiary/aromatic N) is 1. The van der Waals surface area contributed by atoms with Crippen LogP contribution in [-0.2, 0) is 12.8 Å². The molecule has 0 saturated heterocycles. The van der Waals surface area contributed by atoms with E-state index in [0.717, 1.165) is 30.1 Å². The van der Waals surface area contributed by atoms with Gasteiger partial charge in [0.2, 0.25) is 6.79 Å². The molecule has 2 heterocycles. The second-order valence-corrected chi connectivity index (χ2v) is 6.73. The summed E-state index contributed by atoms with van der Waals surface area (Å²) in [5.74, 6) is 1.67. The van der Waals surface area contributed by atoms with E-state index < -0.39 is 0 Å². The molecule has 3 nitrogen and oxygen atoms in total. The third kappa shape index (κ3) is 2.76. The molecule has 0 N–H and O–H groups in total. The van der Waals surface area contributed by atoms with E-state index in [2.05, 4.69) is 60.7 Å². The van der Waals surface area contributed by atoms with E-state index in [1.807, 2.05) is 12.1 Å². The summed E-state index contributed by atoms with van der Waals surface area (Å²) in [6.07, 6.45) is 1.70. The summed E-state index contributed by atoms with van der Waals surface area (Å²) in [5, 5.41) is 0. The van der Waals surface area contributed by atoms with Crippen molar-refractivity contribution in [3.63, 3.8) is 0 Å². The third-order valence-corrected chi connectivity index (χ3v) is 5.03. The zero-order valence-electron chi connectivity index (χ0n) is 14.4. The van der Waals surface area contributed by atoms with Crippen molar-refractivity contribution in [2.45, 2.75) is 18.9 Å². The summed E-state index contributed by atoms with van der Waals surface area (Å²) in [7, 11) is 0. The van der Waals surface area contributed by atoms with Crippen molar-refractivity contribution in [1.29, 1.82) is 0 Å². The molecule has 0 aromatic heterocycles. The van der Waals surface area contributed by atoms with Gasteiger partial charge >= 0.3 is 0 Å². The number of hydrogen-bond donors (Lipinski definition) is 0. The van der Waals surface area contributed by atoms with Gasteiger partial charge in [-0.1, -0.05) is 60.7 Å². The molecule has 0 radical (unpaired) electrons. The van der Waals surface area contributed by atoms with Crippen molar-refractivity contribution < 1.29 is 9.47 Å². The topological polar surface area (TPSA) is 30.8 Å². The first kappa shape index (κ1) is 15.2. The van der Waals surface area contributed by atoms with E-state index in [-0.39, 0.29) is 6.04 Å². The van der Waals surface area contributed by atoms with Crippen LogP contribution in [0.25, 0.3) is 0 Å². The highest BCUT2D eigenvalue weighted by atomic mass is 16.7. The van der Waals surface area contributed by atoms with Crippen LogP contribution in [-0.4, -0.2) is 12.5 Å². The lowest BCUT2D eigenvalue weighted by atomic mass is 9.88. The minimum absolute atomic E-state index is 0.141. The van der Waals surface area contributed by atoms with Crippen molar-refractivity contribution in [3.8, 4) is 11.5 Å². The summed E-state index contributed by atoms with van der Waals surface area (Å²) in [4.78, 5) is 5.13. The fraction of sp³-hybridized carbons (Fsp3) is 0.174. The second kappa shape index (κ2) is 6.34. The van der Waals surface area contributed by atoms with Gasteiger partial charge < -0.3 is 9.47 Å². The maximum absolute atomic E-state index is 5.60. The first-order valence-corrected chi connectivity index (χ1v) is 8.95. The molecule has 0 spiro atoms. The molecule has 26 heavy (non-hydrogen) atoms. The summed E-state index contributed by atoms with van der Waals surface area (Å²) >= 11 is 0. The van der Waals surface area contributed by atoms with Crippen LogP contribution in [0.4, 0.5) is 0 Å². The minimum atomic E-state index is 0.141. The van der Waals surface area contributed by atoms with Gasteiger partial charge in [0.25, 0.3) is 0 Å². The molecule has 3 aromatic carbocycles. The van der Waals surface area contributed by atoms with Gasteiger partial charge in [-0.15, -0.1) is 0 Å². The van der Waals surface area contributed by atoms with Gasteiger partial charge in [-0.2, -0.15) is 0 Å². The van der Waals surface area contributed by atoms with Gasteiger partial charge in [0, 0.05) is 17.7 Å². The Kier molecular flexibility index (Phi) is 3.71. The highest BCUT2D eigenvalue weighted by Gasteiger charge is 2.26. The smallest absolute Gasteiger partial charge is 0.231 e. The van der Waals surface area contributed by atoms with Crippen LogP contribution in [0.2, 0.25) is 0 Å². The number of ether oxygens (including phenoxy) is 2. The number of aliphatic imine (C=N–C) groups is 1. The zero-order chi connectivity index (χ0) is 17.3. The fourth-order valence-corrected chi connectivity index (χ4v) is 3.73. The second-order valence-electron chi connectivity index (χ2n) is 6.73. The summed E-state index contributed by atoms with van der Waals surface area (Å²) in [6.45, 7) is 0.297. The van der Waals surface area contributed by atoms with Crippen molar-refractivity contribution in [2.24, 2.45) is 4.99 Å². The van der Waals surface area contributed by atoms with Crippen molar-refractivity contribution >= 4 is 5.71 Å². The lowest BCUT2D eigenvalue weighted by Crippen LogP contribution is -2.18. The molecule has 128 valence electrons. The largest absolute Gasteiger partial charge is 0.454 e. The molecule has 0 fully saturated rings. The van der Waals surface area contributed by atoms with Crippen LogP contribution in [0.1, 0.15) is 28.3 Å². The van der Waals surface area contributed by atoms with E-state index in [4.69, 9.17) is 14.5 Å². The molecular weight excluding hydrogens is 322 g/mol. The van der Waals surface area contributed by atoms with Gasteiger partial charge in [-0.3, -0.25) is 4.99 Å². The summed E-state index contributed by atoms with van der Waals surface area (Å²) < 4.78 is 11.2. The Bertz CT molecular complexity index is 964. The maximum atomic E-state index is 5.60. The predicted molar refractivity (Wildman–Crippen MR) is 102 cm³/mol. The van der Waals surface area contributed by atoms with Gasteiger partial charge in [0.15, 0.2) is 11.5 Å². The molecule has 0 amide bonds. The lowest BCUT2D eigenvalue weighted by molar-refractivity contribution is 0.174. The monoisotopic (exact) mass is 341 g/mol. The summed E-state index contributed by atoms with van der Waals surface area (Å²) in [6, 6.07) is 25.4. The number of fused-ring (bicyclic) bond motifs is 2. The fourth-order valence-electron chi connectivity index (χ4n) is 3.73. The zero-order valence-corrected chi connectivity index (χ0v) is 14.4. The Labute approximate surface area is 152 Å². The first-order valence-electron chi connectivity index (χ1n) is 8.95. The molecular formula is C23H19NO2. The van der Waals surface area contributed by atoms with Gasteiger partial charge in [-0.05, 0) is 35.2 Å². The van der Waals surface area contributed by atoms with Crippen LogP contribution in [0.5, 0.6) is 11.5 Å². The van der Waals surface area contributed by atoms with E-state index in [0.29, 0.717) is 6.79 Å². The van der Waals surface area contributed by atoms with Crippen LogP contribution >= 0.6 is 0 Å². The van der Waals surface area contributed by atoms with Crippen molar-refractivity contribution in [1.82, 2.24) is 0 Å². The molecule has 1 unspecified atom stereocenters. The molecule has 0 saturated carbocycles. The van der Waals surface area contributed by atoms with Crippen LogP contribution in [0, 0.1) is 0 Å². The van der Waals surface area contributed by atoms with Crippen LogP contribution in [0.3, 0.4) is 0 Å². The standard InChI is InChI=1S/C23H19NO2/c1-3-7-16(8-4-1)11-21-19-14-23-22(25-15-26-23)13-18(19)12-20(24-21)17-9-5-2-6-10-17/h1-10,13-14,20H,11-12,15H2. The number of rotatable bonds is 3. The maximum Gasteiger partial charge on any atom is 0.231 e. The molecule has 1 atom stereocenters. The Morgan fingerprint density at radius 1 is 0.846 bits per heavy atom. The Morgan fingerprint density at radius 3 is 2.31 bits per heavy atom. The minimum Gasteiger partial charge on any atom is -0.454 e. The molecule has 0 aliphatic carbocycles. The predicted octanol–water partition coefficient (Wildman–Crippen LogP) is 4.74. The van der Waals surface area contributed by atoms with Crippen LogP contribution < -0.4 is 9.47 Å². The van der Waals surface area contributed by atoms with Gasteiger partial charge in [0.05, 0.1) is 6.04 Å². The normalized spacial score (nSPS) is 17.5. The average molecular weight is 341 g/mol. The highest BCUT2D eigenvalue weighted by Crippen LogP contribution is 2.39. The molecule has 5 rings (SSSR count). The number of benzene rings is 3. The van der Waals surface area contributed by atoms with E-state index >= 15 is 0 Å². The van der Waals surface area contributed by atoms with Crippen LogP contribution in [0.15, 0.2) is 77.8 Å². The Hall–Kier alpha value is -3.07. The highest BCUT2D eigenvalue weighted by molar-refractivity contribution is 6.04. The molecule has 0 bridgehead atoms. The Morgan fingerprint density at radius 2 is 1.54 bits per heavy atom. The quantitative estimate of drug-likeness (QED) is 0.689. The van der Waals surface area contributed by atoms with E-state index in [9.17, 15) is 0 Å². The Balaban J connectivity index is 1.59. The van der Waals surface area contributed by atoms with Gasteiger partial charge in [-0.25, -0.2) is 0 Å². The molecule has 3 aromatic rings. The van der Waals surface area contributed by atoms with E-state index in [1.54, 1.807) is 0 Å². The van der Waals surface area contributed by atoms with Crippen molar-refractivity contribution in [2.75, 3.05) is 6.79 Å². The lowest BCUT2D eigenvalue weighted by Gasteiger charge is -2.24. The molecule has 2 aliphatic heterocycles. The van der Waals surface area contributed by atoms with Crippen molar-refractivity contribution in [3.05, 3.63) is 95.1 Å². The first-order chi connectivity index (χ1) is 12.9. The molecule has 3 heteroatoms. The third-order valence-electron chi connectivity index (χ3n) is 5.03. The average Bonchev–Trinajstić information content (AvgIpc) is 3.15. The van der Waals surface area contributed by atoms with E-state index in [1.165, 1.54) is 22.3 Å². The molecule has 2 aliphatic rings. The summed E-state index contributed by atoms with van der Waals surface area (Å²) in [5.41, 5.74) is 6.10. The SMILES string of the molecule is c1ccc(CC2=NC(c3ccccc3)Cc3cc4c(cc32)OCO4)cc1.